The number of esters is 1. The van der Waals surface area contributed by atoms with Crippen LogP contribution in [0.25, 0.3) is 10.7 Å². The third-order valence-corrected chi connectivity index (χ3v) is 12.2. The van der Waals surface area contributed by atoms with Gasteiger partial charge in [0.05, 0.1) is 40.7 Å². The van der Waals surface area contributed by atoms with Gasteiger partial charge in [0.2, 0.25) is 5.82 Å². The minimum atomic E-state index is -3.19. The number of carbonyl (C=O) groups excluding carboxylic acids is 4. The highest BCUT2D eigenvalue weighted by Crippen LogP contribution is 2.40. The van der Waals surface area contributed by atoms with Crippen molar-refractivity contribution >= 4 is 35.0 Å². The predicted molar refractivity (Wildman–Crippen MR) is 200 cm³/mol. The van der Waals surface area contributed by atoms with E-state index in [-0.39, 0.29) is 31.3 Å². The van der Waals surface area contributed by atoms with Crippen LogP contribution >= 0.6 is 11.3 Å². The number of hydrogen-bond acceptors (Lipinski definition) is 15. The zero-order valence-corrected chi connectivity index (χ0v) is 34.3. The van der Waals surface area contributed by atoms with Crippen molar-refractivity contribution in [3.63, 3.8) is 0 Å². The van der Waals surface area contributed by atoms with Gasteiger partial charge in [-0.05, 0) is 78.4 Å². The zero-order chi connectivity index (χ0) is 41.3. The quantitative estimate of drug-likeness (QED) is 0.236. The summed E-state index contributed by atoms with van der Waals surface area (Å²) < 4.78 is 46.9. The van der Waals surface area contributed by atoms with Crippen molar-refractivity contribution in [1.82, 2.24) is 30.4 Å². The molecule has 2 N–H and O–H groups in total. The first-order valence-corrected chi connectivity index (χ1v) is 19.6. The van der Waals surface area contributed by atoms with Gasteiger partial charge >= 0.3 is 12.1 Å². The van der Waals surface area contributed by atoms with Crippen LogP contribution < -0.4 is 5.32 Å². The van der Waals surface area contributed by atoms with Crippen molar-refractivity contribution in [1.29, 1.82) is 0 Å². The number of Topliss-reactive ketones (excluding diaryl/α,β-unsaturated/α-hetero) is 2. The summed E-state index contributed by atoms with van der Waals surface area (Å²) in [6.45, 7) is 10.5. The summed E-state index contributed by atoms with van der Waals surface area (Å²) in [5.41, 5.74) is -6.33. The standard InChI is InChI=1S/C38H53FN6O10S/c1-11-27-38(7)31(40-35(50)55-38)22(4)29(47)20(2)19-36(5,51-16-12-13-23-14-15-25(56-23)32-41-43-45(10)42-32)28(18-26(46)37(6,39)34(49)54-27)53-33-30(48)24(44(8)9)17-21(3)52-33/h14-15,20-22,24,27-28,30-31,33,48H,11,16-19H2,1-10H3,(H,40,50)/t20-,21-,22+,24+,27-,28-,30-,31-,33?,36+,37+,38-/m1/s1. The molecule has 3 saturated heterocycles. The maximum absolute atomic E-state index is 16.6. The Morgan fingerprint density at radius 3 is 2.52 bits per heavy atom. The van der Waals surface area contributed by atoms with Gasteiger partial charge in [0, 0.05) is 24.3 Å². The number of amides is 1. The number of tetrazole rings is 1. The summed E-state index contributed by atoms with van der Waals surface area (Å²) in [5, 5.41) is 26.3. The van der Waals surface area contributed by atoms with Gasteiger partial charge in [-0.25, -0.2) is 14.0 Å². The highest BCUT2D eigenvalue weighted by atomic mass is 32.1. The molecule has 5 rings (SSSR count). The van der Waals surface area contributed by atoms with Crippen molar-refractivity contribution in [2.45, 2.75) is 134 Å². The number of aliphatic hydroxyl groups excluding tert-OH is 1. The molecule has 0 saturated carbocycles. The Morgan fingerprint density at radius 1 is 1.16 bits per heavy atom. The van der Waals surface area contributed by atoms with E-state index in [2.05, 4.69) is 32.6 Å². The first-order chi connectivity index (χ1) is 26.2. The maximum Gasteiger partial charge on any atom is 0.408 e. The molecule has 1 unspecified atom stereocenters. The van der Waals surface area contributed by atoms with Crippen molar-refractivity contribution in [3.8, 4) is 22.5 Å². The first kappa shape index (κ1) is 43.3. The number of halogens is 1. The van der Waals surface area contributed by atoms with Gasteiger partial charge in [0.15, 0.2) is 17.7 Å². The molecule has 5 heterocycles. The second-order valence-electron chi connectivity index (χ2n) is 15.8. The highest BCUT2D eigenvalue weighted by Gasteiger charge is 2.58. The number of rotatable bonds is 7. The minimum Gasteiger partial charge on any atom is -0.455 e. The molecule has 1 amide bonds. The number of carbonyl (C=O) groups is 4. The van der Waals surface area contributed by atoms with Crippen molar-refractivity contribution in [2.75, 3.05) is 20.7 Å². The van der Waals surface area contributed by atoms with Gasteiger partial charge < -0.3 is 39.0 Å². The van der Waals surface area contributed by atoms with E-state index < -0.39 is 89.7 Å². The average molecular weight is 805 g/mol. The number of likely N-dealkylation sites (N-methyl/N-ethyl adjacent to an activating group) is 1. The predicted octanol–water partition coefficient (Wildman–Crippen LogP) is 3.00. The normalized spacial score (nSPS) is 37.2. The monoisotopic (exact) mass is 804 g/mol. The smallest absolute Gasteiger partial charge is 0.408 e. The molecule has 2 aromatic rings. The van der Waals surface area contributed by atoms with Gasteiger partial charge in [-0.15, -0.1) is 21.5 Å². The molecule has 2 aromatic heterocycles. The summed E-state index contributed by atoms with van der Waals surface area (Å²) in [6, 6.07) is 2.25. The molecule has 0 spiro atoms. The van der Waals surface area contributed by atoms with E-state index in [1.54, 1.807) is 54.9 Å². The Kier molecular flexibility index (Phi) is 13.1. The molecule has 56 heavy (non-hydrogen) atoms. The van der Waals surface area contributed by atoms with Crippen LogP contribution in [0.4, 0.5) is 9.18 Å². The van der Waals surface area contributed by atoms with E-state index >= 15 is 4.39 Å². The number of fused-ring (bicyclic) bond motifs is 1. The summed E-state index contributed by atoms with van der Waals surface area (Å²) in [4.78, 5) is 59.2. The van der Waals surface area contributed by atoms with E-state index in [0.29, 0.717) is 17.1 Å². The van der Waals surface area contributed by atoms with Crippen LogP contribution in [0, 0.1) is 23.7 Å². The maximum atomic E-state index is 16.6. The number of alkyl carbamates (subject to hydrolysis) is 1. The van der Waals surface area contributed by atoms with Crippen LogP contribution in [0.15, 0.2) is 12.1 Å². The molecule has 0 aromatic carbocycles. The van der Waals surface area contributed by atoms with Crippen molar-refractivity contribution < 1.29 is 52.4 Å². The van der Waals surface area contributed by atoms with Gasteiger partial charge in [0.25, 0.3) is 5.67 Å². The summed E-state index contributed by atoms with van der Waals surface area (Å²) in [5.74, 6) is 1.84. The number of aryl methyl sites for hydroxylation is 1. The fourth-order valence-corrected chi connectivity index (χ4v) is 8.64. The van der Waals surface area contributed by atoms with E-state index in [1.807, 2.05) is 17.9 Å². The topological polar surface area (TPSA) is 194 Å². The summed E-state index contributed by atoms with van der Waals surface area (Å²) in [6.07, 6.45) is -6.52. The fourth-order valence-electron chi connectivity index (χ4n) is 7.83. The number of ether oxygens (including phenoxy) is 5. The molecular weight excluding hydrogens is 752 g/mol. The average Bonchev–Trinajstić information content (AvgIpc) is 3.87. The van der Waals surface area contributed by atoms with Crippen LogP contribution in [0.1, 0.15) is 79.0 Å². The molecule has 16 nitrogen and oxygen atoms in total. The lowest BCUT2D eigenvalue weighted by Gasteiger charge is -2.46. The molecule has 3 aliphatic heterocycles. The Hall–Kier alpha value is -3.86. The van der Waals surface area contributed by atoms with Gasteiger partial charge in [-0.1, -0.05) is 32.6 Å². The lowest BCUT2D eigenvalue weighted by molar-refractivity contribution is -0.290. The number of thiophene rings is 1. The lowest BCUT2D eigenvalue weighted by atomic mass is 9.75. The third-order valence-electron chi connectivity index (χ3n) is 11.2. The Bertz CT molecular complexity index is 1840. The summed E-state index contributed by atoms with van der Waals surface area (Å²) >= 11 is 1.35. The Labute approximate surface area is 330 Å². The van der Waals surface area contributed by atoms with Crippen LogP contribution in [0.3, 0.4) is 0 Å². The van der Waals surface area contributed by atoms with E-state index in [4.69, 9.17) is 23.7 Å². The molecule has 0 aliphatic carbocycles. The second-order valence-corrected chi connectivity index (χ2v) is 16.9. The molecule has 0 radical (unpaired) electrons. The molecule has 12 atom stereocenters. The second kappa shape index (κ2) is 16.9. The van der Waals surface area contributed by atoms with Gasteiger partial charge in [-0.2, -0.15) is 4.80 Å². The highest BCUT2D eigenvalue weighted by molar-refractivity contribution is 7.15. The molecule has 308 valence electrons. The molecule has 3 fully saturated rings. The summed E-state index contributed by atoms with van der Waals surface area (Å²) in [7, 11) is 5.28. The Morgan fingerprint density at radius 2 is 1.88 bits per heavy atom. The van der Waals surface area contributed by atoms with Crippen molar-refractivity contribution in [2.24, 2.45) is 18.9 Å². The molecule has 0 bridgehead atoms. The lowest BCUT2D eigenvalue weighted by Crippen LogP contribution is -2.60. The largest absolute Gasteiger partial charge is 0.455 e. The number of ketones is 2. The third kappa shape index (κ3) is 8.98. The number of alkyl halides is 1. The molecule has 3 aliphatic rings. The van der Waals surface area contributed by atoms with Gasteiger partial charge in [0.1, 0.15) is 24.6 Å². The minimum absolute atomic E-state index is 0.0737. The number of cyclic esters (lactones) is 1. The number of aromatic nitrogens is 4. The van der Waals surface area contributed by atoms with Crippen LogP contribution in [-0.2, 0) is 45.1 Å². The van der Waals surface area contributed by atoms with E-state index in [1.165, 1.54) is 23.1 Å². The Balaban J connectivity index is 1.54. The SMILES string of the molecule is CC[C@H]1OC(=O)[C@@](C)(F)C(=O)C[C@@H](OC2O[C@H](C)C[C@H](N(C)C)[C@H]2O)[C@@](C)(OCC#Cc2ccc(-c3nnn(C)n3)s2)C[C@@H](C)C(=O)[C@H](C)[C@H]2NC(=O)O[C@@]21C. The van der Waals surface area contributed by atoms with E-state index in [0.717, 1.165) is 11.8 Å². The van der Waals surface area contributed by atoms with E-state index in [9.17, 15) is 24.3 Å². The molecule has 18 heteroatoms. The van der Waals surface area contributed by atoms with Crippen molar-refractivity contribution in [3.05, 3.63) is 17.0 Å². The van der Waals surface area contributed by atoms with Crippen LogP contribution in [0.5, 0.6) is 0 Å². The number of nitrogens with one attached hydrogen (secondary N) is 1. The number of aliphatic hydroxyl groups is 1. The zero-order valence-electron chi connectivity index (χ0n) is 33.5. The van der Waals surface area contributed by atoms with Crippen LogP contribution in [-0.4, -0.2) is 134 Å². The first-order valence-electron chi connectivity index (χ1n) is 18.8. The van der Waals surface area contributed by atoms with Crippen LogP contribution in [0.2, 0.25) is 0 Å². The number of hydrogen-bond donors (Lipinski definition) is 2. The number of nitrogens with zero attached hydrogens (tertiary/aromatic N) is 5. The fraction of sp³-hybridized carbons (Fsp3) is 0.711. The molecular formula is C38H53FN6O10S. The van der Waals surface area contributed by atoms with Gasteiger partial charge in [-0.3, -0.25) is 9.59 Å².